The summed E-state index contributed by atoms with van der Waals surface area (Å²) in [5.41, 5.74) is -0.194. The number of carboxylic acids is 1. The Labute approximate surface area is 283 Å². The molecule has 1 heterocycles. The van der Waals surface area contributed by atoms with Crippen molar-refractivity contribution in [3.05, 3.63) is 12.2 Å². The number of aliphatic hydroxyl groups is 2. The summed E-state index contributed by atoms with van der Waals surface area (Å²) in [6.07, 6.45) is -5.88. The van der Waals surface area contributed by atoms with Gasteiger partial charge >= 0.3 is 22.3 Å². The van der Waals surface area contributed by atoms with Crippen molar-refractivity contribution in [3.63, 3.8) is 0 Å². The molecular weight excluding hydrogens is 680 g/mol. The lowest BCUT2D eigenvalue weighted by atomic mass is 9.43. The minimum Gasteiger partial charge on any atom is -0.691 e. The molecule has 5 aliphatic rings. The number of hydrogen-bond donors (Lipinski definition) is 4. The number of aliphatic hydroxyl groups excluding tert-OH is 2. The largest absolute Gasteiger partial charge is 0.691 e. The van der Waals surface area contributed by atoms with E-state index >= 15 is 0 Å². The number of fused-ring (bicyclic) bond motifs is 3. The fourth-order valence-corrected chi connectivity index (χ4v) is 10.6. The molecule has 4 N–H and O–H groups in total. The average molecular weight is 726 g/mol. The van der Waals surface area contributed by atoms with Gasteiger partial charge in [-0.3, -0.25) is 23.4 Å². The van der Waals surface area contributed by atoms with Crippen molar-refractivity contribution in [1.29, 1.82) is 0 Å². The fourth-order valence-electron chi connectivity index (χ4n) is 9.76. The van der Waals surface area contributed by atoms with Gasteiger partial charge in [0.15, 0.2) is 30.8 Å². The molecule has 13 atom stereocenters. The van der Waals surface area contributed by atoms with Gasteiger partial charge in [0.2, 0.25) is 0 Å². The van der Waals surface area contributed by atoms with Crippen LogP contribution in [-0.2, 0) is 51.9 Å². The molecular formula is C30H45O16S2-. The molecule has 0 aromatic heterocycles. The van der Waals surface area contributed by atoms with Crippen molar-refractivity contribution >= 4 is 34.7 Å². The first kappa shape index (κ1) is 37.8. The molecule has 0 aromatic carbocycles. The van der Waals surface area contributed by atoms with Crippen LogP contribution in [0.25, 0.3) is 0 Å². The fraction of sp³-hybridized carbons (Fsp3) is 0.867. The number of rotatable bonds is 13. The van der Waals surface area contributed by atoms with E-state index in [0.29, 0.717) is 19.3 Å². The van der Waals surface area contributed by atoms with Crippen LogP contribution in [0.15, 0.2) is 12.2 Å². The molecule has 1 aliphatic heterocycles. The number of carbonyl (C=O) groups is 2. The first-order valence-corrected chi connectivity index (χ1v) is 18.2. The molecule has 5 fully saturated rings. The van der Waals surface area contributed by atoms with Gasteiger partial charge in [0.1, 0.15) is 12.2 Å². The number of ether oxygens (including phenoxy) is 3. The second kappa shape index (κ2) is 14.7. The zero-order valence-corrected chi connectivity index (χ0v) is 28.6. The Hall–Kier alpha value is -1.42. The van der Waals surface area contributed by atoms with Crippen LogP contribution >= 0.6 is 12.3 Å². The summed E-state index contributed by atoms with van der Waals surface area (Å²) in [5.74, 6) is -2.84. The Bertz CT molecular complexity index is 1310. The Morgan fingerprint density at radius 3 is 2.52 bits per heavy atom. The Morgan fingerprint density at radius 1 is 1.17 bits per heavy atom. The predicted octanol–water partition coefficient (Wildman–Crippen LogP) is 1.65. The van der Waals surface area contributed by atoms with Crippen LogP contribution in [0, 0.1) is 40.4 Å². The predicted molar refractivity (Wildman–Crippen MR) is 161 cm³/mol. The molecule has 2 bridgehead atoms. The average Bonchev–Trinajstić information content (AvgIpc) is 3.16. The van der Waals surface area contributed by atoms with E-state index in [2.05, 4.69) is 16.0 Å². The van der Waals surface area contributed by atoms with Crippen LogP contribution in [0.2, 0.25) is 0 Å². The van der Waals surface area contributed by atoms with Gasteiger partial charge in [-0.1, -0.05) is 27.4 Å². The SMILES string of the molecule is C=C1C2CCC3C4(C)CC(O[C@@H]5O[C@@H](CO)[C@@H](OSOO[O-])[C@H](OS(=O)(=O)O)C5OC(=O)CC(C)C)CC(C(=O)O)C4CCC3(C2)[C@H]1O. The highest BCUT2D eigenvalue weighted by Gasteiger charge is 2.67. The van der Waals surface area contributed by atoms with E-state index in [0.717, 1.165) is 24.8 Å². The lowest BCUT2D eigenvalue weighted by molar-refractivity contribution is -0.777. The summed E-state index contributed by atoms with van der Waals surface area (Å²) >= 11 is -0.0471. The van der Waals surface area contributed by atoms with Gasteiger partial charge in [0, 0.05) is 11.8 Å². The number of hydrogen-bond acceptors (Lipinski definition) is 15. The topological polar surface area (TPSA) is 237 Å². The molecule has 0 aromatic rings. The standard InChI is InChI=1S/C30H46O16S2/c1-14(2)9-22(32)42-25-24(44-48(37,38)39)23(43-47-46-45-36)20(13-31)41-28(25)40-17-10-18(27(34)35)19-7-8-30-11-16(15(3)26(30)33)5-6-21(30)29(19,4)12-17/h14,16-21,23-26,28,31,33,36H,3,5-13H2,1-2,4H3,(H,34,35)(H,37,38,39)/p-1/t16?,17?,18?,19?,20-,21?,23+,24-,25?,26-,28+,29?,30?/m0/s1. The molecule has 48 heavy (non-hydrogen) atoms. The Balaban J connectivity index is 1.49. The van der Waals surface area contributed by atoms with E-state index in [-0.39, 0.29) is 48.8 Å². The number of esters is 1. The molecule has 5 rings (SSSR count). The van der Waals surface area contributed by atoms with E-state index in [1.54, 1.807) is 13.8 Å². The van der Waals surface area contributed by atoms with Crippen LogP contribution in [0.4, 0.5) is 0 Å². The van der Waals surface area contributed by atoms with Crippen LogP contribution in [0.1, 0.15) is 72.1 Å². The van der Waals surface area contributed by atoms with Gasteiger partial charge in [-0.15, -0.1) is 4.33 Å². The Morgan fingerprint density at radius 2 is 1.90 bits per heavy atom. The first-order valence-electron chi connectivity index (χ1n) is 16.2. The van der Waals surface area contributed by atoms with Crippen molar-refractivity contribution in [3.8, 4) is 0 Å². The number of aliphatic carboxylic acids is 1. The van der Waals surface area contributed by atoms with E-state index in [9.17, 15) is 43.1 Å². The third-order valence-corrected chi connectivity index (χ3v) is 12.4. The summed E-state index contributed by atoms with van der Waals surface area (Å²) in [4.78, 5) is 25.7. The number of carbonyl (C=O) groups excluding carboxylic acids is 1. The zero-order chi connectivity index (χ0) is 35.2. The quantitative estimate of drug-likeness (QED) is 0.0309. The zero-order valence-electron chi connectivity index (χ0n) is 27.0. The third kappa shape index (κ3) is 7.32. The summed E-state index contributed by atoms with van der Waals surface area (Å²) in [5, 5.41) is 45.7. The maximum atomic E-state index is 13.0. The van der Waals surface area contributed by atoms with Crippen molar-refractivity contribution in [2.24, 2.45) is 40.4 Å². The van der Waals surface area contributed by atoms with E-state index < -0.39 is 88.6 Å². The van der Waals surface area contributed by atoms with E-state index in [1.807, 2.05) is 6.92 Å². The van der Waals surface area contributed by atoms with Crippen LogP contribution in [0.3, 0.4) is 0 Å². The van der Waals surface area contributed by atoms with Crippen molar-refractivity contribution < 1.29 is 75.1 Å². The molecule has 4 saturated carbocycles. The van der Waals surface area contributed by atoms with Gasteiger partial charge < -0.3 is 34.8 Å². The lowest BCUT2D eigenvalue weighted by Gasteiger charge is -2.62. The molecule has 274 valence electrons. The van der Waals surface area contributed by atoms with Gasteiger partial charge in [-0.25, -0.2) is 4.18 Å². The Kier molecular flexibility index (Phi) is 11.6. The molecule has 4 aliphatic carbocycles. The highest BCUT2D eigenvalue weighted by atomic mass is 32.3. The maximum absolute atomic E-state index is 13.0. The molecule has 8 unspecified atom stereocenters. The van der Waals surface area contributed by atoms with Gasteiger partial charge in [-0.2, -0.15) is 8.42 Å². The molecule has 0 radical (unpaired) electrons. The number of carboxylic acid groups (broad SMARTS) is 1. The van der Waals surface area contributed by atoms with Gasteiger partial charge in [-0.05, 0) is 79.6 Å². The normalized spacial score (nSPS) is 42.7. The second-order valence-corrected chi connectivity index (χ2v) is 16.1. The molecule has 16 nitrogen and oxygen atoms in total. The summed E-state index contributed by atoms with van der Waals surface area (Å²) in [7, 11) is -5.26. The lowest BCUT2D eigenvalue weighted by Crippen LogP contribution is -2.63. The van der Waals surface area contributed by atoms with E-state index in [1.165, 1.54) is 0 Å². The molecule has 18 heteroatoms. The van der Waals surface area contributed by atoms with Gasteiger partial charge in [0.25, 0.3) is 0 Å². The highest BCUT2D eigenvalue weighted by molar-refractivity contribution is 7.89. The third-order valence-electron chi connectivity index (χ3n) is 11.5. The maximum Gasteiger partial charge on any atom is 0.397 e. The highest BCUT2D eigenvalue weighted by Crippen LogP contribution is 2.70. The summed E-state index contributed by atoms with van der Waals surface area (Å²) in [6.45, 7) is 8.91. The summed E-state index contributed by atoms with van der Waals surface area (Å²) < 4.78 is 66.1. The van der Waals surface area contributed by atoms with Crippen molar-refractivity contribution in [2.75, 3.05) is 6.61 Å². The second-order valence-electron chi connectivity index (χ2n) is 14.6. The van der Waals surface area contributed by atoms with Gasteiger partial charge in [0.05, 0.1) is 24.7 Å². The summed E-state index contributed by atoms with van der Waals surface area (Å²) in [6, 6.07) is 0. The van der Waals surface area contributed by atoms with Crippen LogP contribution < -0.4 is 5.26 Å². The van der Waals surface area contributed by atoms with Crippen molar-refractivity contribution in [2.45, 2.75) is 115 Å². The molecule has 1 spiro atoms. The van der Waals surface area contributed by atoms with Crippen LogP contribution in [-0.4, -0.2) is 89.7 Å². The van der Waals surface area contributed by atoms with E-state index in [4.69, 9.17) is 22.6 Å². The van der Waals surface area contributed by atoms with Crippen molar-refractivity contribution in [1.82, 2.24) is 0 Å². The first-order chi connectivity index (χ1) is 22.5. The minimum atomic E-state index is -5.26. The molecule has 1 saturated heterocycles. The van der Waals surface area contributed by atoms with Crippen LogP contribution in [0.5, 0.6) is 0 Å². The smallest absolute Gasteiger partial charge is 0.397 e. The molecule has 0 amide bonds. The minimum absolute atomic E-state index is 0.0340. The monoisotopic (exact) mass is 725 g/mol.